The summed E-state index contributed by atoms with van der Waals surface area (Å²) in [5.74, 6) is 0.700. The minimum atomic E-state index is -0.702. The first-order chi connectivity index (χ1) is 18.5. The van der Waals surface area contributed by atoms with Crippen molar-refractivity contribution in [1.29, 1.82) is 0 Å². The van der Waals surface area contributed by atoms with Gasteiger partial charge in [-0.15, -0.1) is 0 Å². The number of hydrogen-bond acceptors (Lipinski definition) is 6. The third-order valence-corrected chi connectivity index (χ3v) is 7.36. The van der Waals surface area contributed by atoms with Crippen molar-refractivity contribution in [2.24, 2.45) is 0 Å². The molecule has 1 aliphatic heterocycles. The zero-order chi connectivity index (χ0) is 26.6. The second-order valence-corrected chi connectivity index (χ2v) is 9.83. The normalized spacial score (nSPS) is 14.5. The minimum absolute atomic E-state index is 0.175. The highest BCUT2D eigenvalue weighted by atomic mass is 35.5. The molecule has 1 fully saturated rings. The Hall–Kier alpha value is -3.91. The van der Waals surface area contributed by atoms with Crippen LogP contribution >= 0.6 is 11.6 Å². The number of carbonyl (C=O) groups is 1. The molecule has 3 heterocycles. The van der Waals surface area contributed by atoms with Crippen LogP contribution in [0.2, 0.25) is 5.02 Å². The van der Waals surface area contributed by atoms with Crippen LogP contribution in [-0.4, -0.2) is 51.3 Å². The van der Waals surface area contributed by atoms with E-state index in [0.29, 0.717) is 22.7 Å². The fourth-order valence-corrected chi connectivity index (χ4v) is 4.98. The zero-order valence-corrected chi connectivity index (χ0v) is 22.4. The maximum Gasteiger partial charge on any atom is 0.351 e. The first-order valence-corrected chi connectivity index (χ1v) is 13.4. The van der Waals surface area contributed by atoms with Gasteiger partial charge in [-0.05, 0) is 66.9 Å². The molecule has 1 atom stereocenters. The third-order valence-electron chi connectivity index (χ3n) is 7.10. The summed E-state index contributed by atoms with van der Waals surface area (Å²) in [6.07, 6.45) is 4.59. The summed E-state index contributed by atoms with van der Waals surface area (Å²) in [6.45, 7) is 7.61. The van der Waals surface area contributed by atoms with E-state index >= 15 is 0 Å². The number of piperazine rings is 1. The Morgan fingerprint density at radius 3 is 2.34 bits per heavy atom. The van der Waals surface area contributed by atoms with Gasteiger partial charge in [0.1, 0.15) is 18.2 Å². The smallest absolute Gasteiger partial charge is 0.351 e. The predicted molar refractivity (Wildman–Crippen MR) is 151 cm³/mol. The van der Waals surface area contributed by atoms with E-state index < -0.39 is 6.04 Å². The highest BCUT2D eigenvalue weighted by Crippen LogP contribution is 2.22. The minimum Gasteiger partial charge on any atom is -0.368 e. The number of aromatic nitrogens is 4. The number of halogens is 1. The number of anilines is 2. The number of pyridine rings is 1. The summed E-state index contributed by atoms with van der Waals surface area (Å²) in [6, 6.07) is 18.5. The van der Waals surface area contributed by atoms with Gasteiger partial charge in [-0.25, -0.2) is 19.0 Å². The molecule has 38 heavy (non-hydrogen) atoms. The topological polar surface area (TPSA) is 76.3 Å². The predicted octanol–water partition coefficient (Wildman–Crippen LogP) is 4.81. The van der Waals surface area contributed by atoms with Crippen molar-refractivity contribution < 1.29 is 4.79 Å². The van der Waals surface area contributed by atoms with Crippen LogP contribution in [0.4, 0.5) is 11.5 Å². The molecule has 0 saturated carbocycles. The molecule has 1 aliphatic rings. The van der Waals surface area contributed by atoms with E-state index in [1.54, 1.807) is 30.5 Å². The van der Waals surface area contributed by atoms with Crippen molar-refractivity contribution >= 4 is 28.9 Å². The van der Waals surface area contributed by atoms with Crippen LogP contribution in [0.25, 0.3) is 5.69 Å². The molecule has 1 unspecified atom stereocenters. The molecule has 5 rings (SSSR count). The van der Waals surface area contributed by atoms with Gasteiger partial charge < -0.3 is 9.80 Å². The van der Waals surface area contributed by atoms with Crippen molar-refractivity contribution in [3.63, 3.8) is 0 Å². The number of benzene rings is 2. The first kappa shape index (κ1) is 25.7. The fourth-order valence-electron chi connectivity index (χ4n) is 4.86. The van der Waals surface area contributed by atoms with Crippen molar-refractivity contribution in [3.8, 4) is 5.69 Å². The van der Waals surface area contributed by atoms with Crippen molar-refractivity contribution in [2.75, 3.05) is 36.0 Å². The number of rotatable bonds is 8. The second-order valence-electron chi connectivity index (χ2n) is 9.40. The lowest BCUT2D eigenvalue weighted by atomic mass is 10.0. The average molecular weight is 531 g/mol. The Morgan fingerprint density at radius 1 is 0.947 bits per heavy atom. The van der Waals surface area contributed by atoms with E-state index in [1.807, 2.05) is 19.1 Å². The molecule has 0 spiro atoms. The quantitative estimate of drug-likeness (QED) is 0.304. The number of aryl methyl sites for hydroxylation is 1. The molecule has 9 heteroatoms. The van der Waals surface area contributed by atoms with Gasteiger partial charge in [-0.3, -0.25) is 4.79 Å². The number of carbonyl (C=O) groups excluding carboxylic acids is 1. The molecule has 1 saturated heterocycles. The molecular weight excluding hydrogens is 500 g/mol. The number of nitrogens with zero attached hydrogens (tertiary/aromatic N) is 6. The van der Waals surface area contributed by atoms with E-state index in [9.17, 15) is 9.59 Å². The molecule has 0 amide bonds. The molecule has 0 radical (unpaired) electrons. The Morgan fingerprint density at radius 2 is 1.68 bits per heavy atom. The molecule has 0 N–H and O–H groups in total. The summed E-state index contributed by atoms with van der Waals surface area (Å²) >= 11 is 5.95. The van der Waals surface area contributed by atoms with Crippen LogP contribution < -0.4 is 15.5 Å². The SMILES string of the molecule is CCc1cccc(N2CCN(c3ccc(-n4cnn(C(CC)C(=O)c5ccc(Cl)cc5)c4=O)cn3)CC2)c1. The second kappa shape index (κ2) is 11.2. The van der Waals surface area contributed by atoms with Gasteiger partial charge in [0.25, 0.3) is 0 Å². The van der Waals surface area contributed by atoms with E-state index in [4.69, 9.17) is 11.6 Å². The van der Waals surface area contributed by atoms with Crippen LogP contribution in [0.1, 0.15) is 42.2 Å². The van der Waals surface area contributed by atoms with Crippen molar-refractivity contribution in [2.45, 2.75) is 32.7 Å². The molecule has 0 bridgehead atoms. The van der Waals surface area contributed by atoms with Crippen molar-refractivity contribution in [1.82, 2.24) is 19.3 Å². The zero-order valence-electron chi connectivity index (χ0n) is 21.6. The van der Waals surface area contributed by atoms with Crippen LogP contribution in [-0.2, 0) is 6.42 Å². The van der Waals surface area contributed by atoms with Crippen LogP contribution in [0.15, 0.2) is 78.0 Å². The van der Waals surface area contributed by atoms with Gasteiger partial charge in [-0.2, -0.15) is 5.10 Å². The fraction of sp³-hybridized carbons (Fsp3) is 0.310. The summed E-state index contributed by atoms with van der Waals surface area (Å²) in [5, 5.41) is 4.82. The first-order valence-electron chi connectivity index (χ1n) is 13.0. The summed E-state index contributed by atoms with van der Waals surface area (Å²) < 4.78 is 2.67. The van der Waals surface area contributed by atoms with Gasteiger partial charge in [0, 0.05) is 42.5 Å². The number of ketones is 1. The van der Waals surface area contributed by atoms with Crippen LogP contribution in [0, 0.1) is 0 Å². The van der Waals surface area contributed by atoms with Crippen LogP contribution in [0.5, 0.6) is 0 Å². The Labute approximate surface area is 227 Å². The molecule has 0 aliphatic carbocycles. The Balaban J connectivity index is 1.28. The van der Waals surface area contributed by atoms with Gasteiger partial charge >= 0.3 is 5.69 Å². The van der Waals surface area contributed by atoms with Gasteiger partial charge in [-0.1, -0.05) is 37.6 Å². The Kier molecular flexibility index (Phi) is 7.60. The number of Topliss-reactive ketones (excluding diaryl/α,β-unsaturated/α-hetero) is 1. The number of hydrogen-bond donors (Lipinski definition) is 0. The lowest BCUT2D eigenvalue weighted by Crippen LogP contribution is -2.46. The van der Waals surface area contributed by atoms with Gasteiger partial charge in [0.15, 0.2) is 5.78 Å². The van der Waals surface area contributed by atoms with E-state index in [-0.39, 0.29) is 11.5 Å². The van der Waals surface area contributed by atoms with E-state index in [2.05, 4.69) is 51.1 Å². The third kappa shape index (κ3) is 5.22. The highest BCUT2D eigenvalue weighted by molar-refractivity contribution is 6.30. The molecule has 2 aromatic heterocycles. The standard InChI is InChI=1S/C29H31ClN6O2/c1-3-21-6-5-7-24(18-21)33-14-16-34(17-15-33)27-13-12-25(19-31-27)35-20-32-36(29(35)38)26(4-2)28(37)22-8-10-23(30)11-9-22/h5-13,18-20,26H,3-4,14-17H2,1-2H3. The lowest BCUT2D eigenvalue weighted by molar-refractivity contribution is 0.0911. The maximum absolute atomic E-state index is 13.2. The largest absolute Gasteiger partial charge is 0.368 e. The maximum atomic E-state index is 13.2. The highest BCUT2D eigenvalue weighted by Gasteiger charge is 2.24. The Bertz CT molecular complexity index is 1450. The van der Waals surface area contributed by atoms with Gasteiger partial charge in [0.2, 0.25) is 0 Å². The van der Waals surface area contributed by atoms with Crippen molar-refractivity contribution in [3.05, 3.63) is 99.8 Å². The lowest BCUT2D eigenvalue weighted by Gasteiger charge is -2.37. The monoisotopic (exact) mass is 530 g/mol. The van der Waals surface area contributed by atoms with Gasteiger partial charge in [0.05, 0.1) is 11.9 Å². The molecule has 196 valence electrons. The average Bonchev–Trinajstić information content (AvgIpc) is 3.34. The summed E-state index contributed by atoms with van der Waals surface area (Å²) in [5.41, 5.74) is 3.33. The van der Waals surface area contributed by atoms with Crippen LogP contribution in [0.3, 0.4) is 0 Å². The van der Waals surface area contributed by atoms with E-state index in [1.165, 1.54) is 26.8 Å². The summed E-state index contributed by atoms with van der Waals surface area (Å²) in [4.78, 5) is 35.6. The van der Waals surface area contributed by atoms with E-state index in [0.717, 1.165) is 38.4 Å². The molecule has 2 aromatic carbocycles. The molecular formula is C29H31ClN6O2. The summed E-state index contributed by atoms with van der Waals surface area (Å²) in [7, 11) is 0. The molecule has 8 nitrogen and oxygen atoms in total. The molecule has 4 aromatic rings.